The summed E-state index contributed by atoms with van der Waals surface area (Å²) in [5.74, 6) is 1.16. The Balaban J connectivity index is 1.19. The first-order valence-corrected chi connectivity index (χ1v) is 15.3. The minimum absolute atomic E-state index is 0.0803. The lowest BCUT2D eigenvalue weighted by Gasteiger charge is -2.32. The number of hydrogen-bond acceptors (Lipinski definition) is 5. The molecule has 0 unspecified atom stereocenters. The molecule has 0 saturated carbocycles. The van der Waals surface area contributed by atoms with Crippen molar-refractivity contribution >= 4 is 45.0 Å². The first-order valence-electron chi connectivity index (χ1n) is 14.6. The highest BCUT2D eigenvalue weighted by molar-refractivity contribution is 6.32. The van der Waals surface area contributed by atoms with Crippen LogP contribution in [-0.4, -0.2) is 21.7 Å². The van der Waals surface area contributed by atoms with E-state index in [1.807, 2.05) is 109 Å². The fourth-order valence-electron chi connectivity index (χ4n) is 5.49. The lowest BCUT2D eigenvalue weighted by molar-refractivity contribution is 0.272. The van der Waals surface area contributed by atoms with E-state index in [-0.39, 0.29) is 6.61 Å². The van der Waals surface area contributed by atoms with E-state index in [9.17, 15) is 5.11 Å². The zero-order chi connectivity index (χ0) is 30.5. The van der Waals surface area contributed by atoms with Crippen molar-refractivity contribution in [2.45, 2.75) is 38.4 Å². The molecule has 0 aliphatic heterocycles. The van der Waals surface area contributed by atoms with Gasteiger partial charge in [0.2, 0.25) is 0 Å². The highest BCUT2D eigenvalue weighted by atomic mass is 35.5. The van der Waals surface area contributed by atoms with Gasteiger partial charge in [0.05, 0.1) is 32.5 Å². The average Bonchev–Trinajstić information content (AvgIpc) is 3.05. The molecule has 0 spiro atoms. The van der Waals surface area contributed by atoms with Crippen LogP contribution in [0.1, 0.15) is 42.3 Å². The number of halogens is 2. The van der Waals surface area contributed by atoms with Gasteiger partial charge in [0.15, 0.2) is 0 Å². The summed E-state index contributed by atoms with van der Waals surface area (Å²) >= 11 is 13.5. The highest BCUT2D eigenvalue weighted by Crippen LogP contribution is 2.42. The summed E-state index contributed by atoms with van der Waals surface area (Å²) in [5.41, 5.74) is 5.03. The molecule has 0 radical (unpaired) electrons. The van der Waals surface area contributed by atoms with Crippen LogP contribution in [0.2, 0.25) is 10.0 Å². The average molecular weight is 624 g/mol. The number of nitrogens with zero attached hydrogens (tertiary/aromatic N) is 2. The molecule has 1 N–H and O–H groups in total. The smallest absolute Gasteiger partial charge is 0.138 e. The second kappa shape index (κ2) is 13.2. The van der Waals surface area contributed by atoms with Crippen molar-refractivity contribution in [1.29, 1.82) is 0 Å². The Bertz CT molecular complexity index is 1790. The van der Waals surface area contributed by atoms with E-state index in [2.05, 4.69) is 16.9 Å². The molecule has 6 rings (SSSR count). The Hall–Kier alpha value is -4.16. The molecule has 0 aliphatic carbocycles. The minimum Gasteiger partial charge on any atom is -0.486 e. The van der Waals surface area contributed by atoms with Crippen molar-refractivity contribution in [1.82, 2.24) is 9.97 Å². The van der Waals surface area contributed by atoms with Crippen LogP contribution in [0.4, 0.5) is 0 Å². The normalized spacial score (nSPS) is 11.6. The minimum atomic E-state index is -0.465. The Morgan fingerprint density at radius 3 is 1.57 bits per heavy atom. The fourth-order valence-corrected chi connectivity index (χ4v) is 5.96. The maximum atomic E-state index is 9.71. The van der Waals surface area contributed by atoms with Crippen LogP contribution in [-0.2, 0) is 18.6 Å². The van der Waals surface area contributed by atoms with Gasteiger partial charge in [-0.2, -0.15) is 0 Å². The van der Waals surface area contributed by atoms with E-state index < -0.39 is 5.41 Å². The van der Waals surface area contributed by atoms with Gasteiger partial charge in [0.25, 0.3) is 0 Å². The monoisotopic (exact) mass is 622 g/mol. The number of aliphatic hydroxyl groups is 1. The lowest BCUT2D eigenvalue weighted by Crippen LogP contribution is -2.24. The summed E-state index contributed by atoms with van der Waals surface area (Å²) in [6.07, 6.45) is 1.31. The molecule has 7 heteroatoms. The van der Waals surface area contributed by atoms with E-state index in [1.165, 1.54) is 0 Å². The van der Waals surface area contributed by atoms with Gasteiger partial charge in [-0.25, -0.2) is 9.97 Å². The second-order valence-electron chi connectivity index (χ2n) is 11.0. The van der Waals surface area contributed by atoms with E-state index >= 15 is 0 Å². The number of fused-ring (bicyclic) bond motifs is 2. The molecule has 222 valence electrons. The van der Waals surface area contributed by atoms with Gasteiger partial charge in [-0.05, 0) is 72.5 Å². The first-order chi connectivity index (χ1) is 21.4. The van der Waals surface area contributed by atoms with Crippen molar-refractivity contribution in [2.24, 2.45) is 0 Å². The summed E-state index contributed by atoms with van der Waals surface area (Å²) in [7, 11) is 0. The van der Waals surface area contributed by atoms with Crippen molar-refractivity contribution in [3.63, 3.8) is 0 Å². The molecule has 2 heterocycles. The van der Waals surface area contributed by atoms with E-state index in [0.29, 0.717) is 47.6 Å². The molecule has 0 aliphatic rings. The van der Waals surface area contributed by atoms with E-state index in [0.717, 1.165) is 44.3 Å². The third-order valence-corrected chi connectivity index (χ3v) is 8.63. The Morgan fingerprint density at radius 2 is 1.11 bits per heavy atom. The van der Waals surface area contributed by atoms with Crippen LogP contribution in [0.3, 0.4) is 0 Å². The number of rotatable bonds is 11. The second-order valence-corrected chi connectivity index (χ2v) is 11.8. The van der Waals surface area contributed by atoms with Crippen molar-refractivity contribution in [2.75, 3.05) is 6.61 Å². The molecule has 4 aromatic carbocycles. The zero-order valence-electron chi connectivity index (χ0n) is 24.3. The molecule has 0 bridgehead atoms. The topological polar surface area (TPSA) is 64.5 Å². The van der Waals surface area contributed by atoms with Crippen LogP contribution >= 0.6 is 23.2 Å². The van der Waals surface area contributed by atoms with Crippen molar-refractivity contribution in [3.05, 3.63) is 142 Å². The van der Waals surface area contributed by atoms with Crippen LogP contribution in [0.25, 0.3) is 21.8 Å². The summed E-state index contributed by atoms with van der Waals surface area (Å²) in [4.78, 5) is 9.38. The number of aliphatic hydroxyl groups excluding tert-OH is 1. The maximum absolute atomic E-state index is 9.71. The van der Waals surface area contributed by atoms with E-state index in [1.54, 1.807) is 0 Å². The SMILES string of the molecule is CC(CCCO)(c1ccc(OCc2ccc3ccccc3n2)c(Cl)c1)c1ccc(OCc2ccc3ccccc3n2)c(Cl)c1. The van der Waals surface area contributed by atoms with Gasteiger partial charge in [0.1, 0.15) is 24.7 Å². The molecule has 0 saturated heterocycles. The summed E-state index contributed by atoms with van der Waals surface area (Å²) in [6.45, 7) is 2.82. The number of ether oxygens (including phenoxy) is 2. The fraction of sp³-hybridized carbons (Fsp3) is 0.189. The third kappa shape index (κ3) is 6.51. The van der Waals surface area contributed by atoms with Gasteiger partial charge in [-0.3, -0.25) is 0 Å². The molecular formula is C37H32Cl2N2O3. The molecule has 0 atom stereocenters. The summed E-state index contributed by atoms with van der Waals surface area (Å²) < 4.78 is 12.1. The molecule has 5 nitrogen and oxygen atoms in total. The van der Waals surface area contributed by atoms with Crippen molar-refractivity contribution < 1.29 is 14.6 Å². The zero-order valence-corrected chi connectivity index (χ0v) is 25.9. The van der Waals surface area contributed by atoms with E-state index in [4.69, 9.17) is 32.7 Å². The van der Waals surface area contributed by atoms with Crippen molar-refractivity contribution in [3.8, 4) is 11.5 Å². The van der Waals surface area contributed by atoms with Gasteiger partial charge in [0, 0.05) is 22.8 Å². The summed E-state index contributed by atoms with van der Waals surface area (Å²) in [5, 5.41) is 12.9. The molecule has 0 fully saturated rings. The predicted octanol–water partition coefficient (Wildman–Crippen LogP) is 9.33. The number of aromatic nitrogens is 2. The van der Waals surface area contributed by atoms with Crippen LogP contribution in [0.15, 0.2) is 109 Å². The largest absolute Gasteiger partial charge is 0.486 e. The highest BCUT2D eigenvalue weighted by Gasteiger charge is 2.30. The molecule has 6 aromatic rings. The van der Waals surface area contributed by atoms with Gasteiger partial charge in [-0.15, -0.1) is 0 Å². The Morgan fingerprint density at radius 1 is 0.636 bits per heavy atom. The number of benzene rings is 4. The maximum Gasteiger partial charge on any atom is 0.138 e. The molecule has 0 amide bonds. The van der Waals surface area contributed by atoms with Gasteiger partial charge in [-0.1, -0.05) is 90.8 Å². The Kier molecular flexibility index (Phi) is 8.99. The van der Waals surface area contributed by atoms with Gasteiger partial charge < -0.3 is 14.6 Å². The Labute approximate surface area is 267 Å². The van der Waals surface area contributed by atoms with Crippen LogP contribution < -0.4 is 9.47 Å². The standard InChI is InChI=1S/C37H32Cl2N2O3/c1-37(19-6-20-42,27-13-17-35(31(38)21-27)43-23-29-15-11-25-7-2-4-9-33(25)40-29)28-14-18-36(32(39)22-28)44-24-30-16-12-26-8-3-5-10-34(26)41-30/h2-5,7-18,21-22,42H,6,19-20,23-24H2,1H3. The number of para-hydroxylation sites is 2. The summed E-state index contributed by atoms with van der Waals surface area (Å²) in [6, 6.07) is 35.7. The number of hydrogen-bond donors (Lipinski definition) is 1. The molecular weight excluding hydrogens is 591 g/mol. The quantitative estimate of drug-likeness (QED) is 0.156. The predicted molar refractivity (Wildman–Crippen MR) is 178 cm³/mol. The van der Waals surface area contributed by atoms with Crippen LogP contribution in [0, 0.1) is 0 Å². The van der Waals surface area contributed by atoms with Gasteiger partial charge >= 0.3 is 0 Å². The third-order valence-electron chi connectivity index (χ3n) is 8.04. The number of pyridine rings is 2. The first kappa shape index (κ1) is 29.9. The lowest BCUT2D eigenvalue weighted by atomic mass is 9.73. The molecule has 2 aromatic heterocycles. The van der Waals surface area contributed by atoms with Crippen LogP contribution in [0.5, 0.6) is 11.5 Å². The molecule has 44 heavy (non-hydrogen) atoms.